The van der Waals surface area contributed by atoms with Crippen molar-refractivity contribution in [2.75, 3.05) is 26.1 Å². The van der Waals surface area contributed by atoms with Crippen molar-refractivity contribution in [2.45, 2.75) is 6.04 Å². The lowest BCUT2D eigenvalue weighted by molar-refractivity contribution is 0.0839. The van der Waals surface area contributed by atoms with E-state index in [-0.39, 0.29) is 24.5 Å². The van der Waals surface area contributed by atoms with E-state index in [1.165, 1.54) is 19.2 Å². The molecule has 94 valence electrons. The number of nitrogen functional groups attached to an aromatic ring is 1. The number of aliphatic hydroxyl groups is 1. The molecule has 0 aliphatic carbocycles. The van der Waals surface area contributed by atoms with E-state index in [1.807, 2.05) is 0 Å². The zero-order valence-corrected chi connectivity index (χ0v) is 9.44. The molecule has 1 aromatic rings. The van der Waals surface area contributed by atoms with Crippen LogP contribution in [0.15, 0.2) is 18.2 Å². The van der Waals surface area contributed by atoms with Gasteiger partial charge in [-0.15, -0.1) is 0 Å². The van der Waals surface area contributed by atoms with Crippen LogP contribution < -0.4 is 11.1 Å². The molecule has 0 aromatic heterocycles. The second kappa shape index (κ2) is 6.17. The van der Waals surface area contributed by atoms with Gasteiger partial charge in [-0.05, 0) is 18.2 Å². The van der Waals surface area contributed by atoms with E-state index < -0.39 is 17.8 Å². The van der Waals surface area contributed by atoms with Crippen LogP contribution in [-0.2, 0) is 4.74 Å². The van der Waals surface area contributed by atoms with Crippen LogP contribution in [0.2, 0.25) is 0 Å². The first-order valence-corrected chi connectivity index (χ1v) is 5.04. The number of aliphatic hydroxyl groups excluding tert-OH is 1. The molecule has 0 aliphatic heterocycles. The number of methoxy groups -OCH3 is 1. The highest BCUT2D eigenvalue weighted by atomic mass is 19.1. The Morgan fingerprint density at radius 2 is 2.35 bits per heavy atom. The maximum absolute atomic E-state index is 13.1. The first kappa shape index (κ1) is 13.4. The second-order valence-corrected chi connectivity index (χ2v) is 3.54. The fraction of sp³-hybridized carbons (Fsp3) is 0.364. The smallest absolute Gasteiger partial charge is 0.251 e. The number of carbonyl (C=O) groups is 1. The van der Waals surface area contributed by atoms with Crippen molar-refractivity contribution in [2.24, 2.45) is 0 Å². The maximum atomic E-state index is 13.1. The number of nitrogens with one attached hydrogen (secondary N) is 1. The number of hydrogen-bond acceptors (Lipinski definition) is 4. The quantitative estimate of drug-likeness (QED) is 0.641. The third-order valence-electron chi connectivity index (χ3n) is 2.19. The Bertz CT molecular complexity index is 398. The average molecular weight is 242 g/mol. The topological polar surface area (TPSA) is 84.6 Å². The molecule has 0 saturated carbocycles. The minimum Gasteiger partial charge on any atom is -0.396 e. The van der Waals surface area contributed by atoms with Crippen LogP contribution in [0, 0.1) is 5.82 Å². The fourth-order valence-corrected chi connectivity index (χ4v) is 1.28. The van der Waals surface area contributed by atoms with Gasteiger partial charge in [-0.25, -0.2) is 4.39 Å². The van der Waals surface area contributed by atoms with Crippen LogP contribution in [-0.4, -0.2) is 37.4 Å². The van der Waals surface area contributed by atoms with Gasteiger partial charge in [-0.3, -0.25) is 4.79 Å². The third kappa shape index (κ3) is 3.69. The molecule has 0 bridgehead atoms. The van der Waals surface area contributed by atoms with Gasteiger partial charge in [-0.1, -0.05) is 0 Å². The fourth-order valence-electron chi connectivity index (χ4n) is 1.28. The number of ether oxygens (including phenoxy) is 1. The van der Waals surface area contributed by atoms with Crippen molar-refractivity contribution < 1.29 is 19.0 Å². The van der Waals surface area contributed by atoms with E-state index in [9.17, 15) is 9.18 Å². The van der Waals surface area contributed by atoms with Crippen LogP contribution in [0.4, 0.5) is 10.1 Å². The van der Waals surface area contributed by atoms with Gasteiger partial charge in [0.25, 0.3) is 5.91 Å². The molecule has 1 unspecified atom stereocenters. The van der Waals surface area contributed by atoms with Gasteiger partial charge in [0.1, 0.15) is 5.82 Å². The summed E-state index contributed by atoms with van der Waals surface area (Å²) in [4.78, 5) is 11.7. The molecule has 4 N–H and O–H groups in total. The Kier molecular flexibility index (Phi) is 4.86. The average Bonchev–Trinajstić information content (AvgIpc) is 2.31. The third-order valence-corrected chi connectivity index (χ3v) is 2.19. The number of nitrogens with two attached hydrogens (primary N) is 1. The number of amides is 1. The van der Waals surface area contributed by atoms with E-state index in [4.69, 9.17) is 15.6 Å². The summed E-state index contributed by atoms with van der Waals surface area (Å²) >= 11 is 0. The molecule has 1 rings (SSSR count). The van der Waals surface area contributed by atoms with Gasteiger partial charge >= 0.3 is 0 Å². The SMILES string of the molecule is COCC(CO)NC(=O)c1ccc(N)c(F)c1. The number of hydrogen-bond donors (Lipinski definition) is 3. The van der Waals surface area contributed by atoms with E-state index in [2.05, 4.69) is 5.32 Å². The van der Waals surface area contributed by atoms with Crippen LogP contribution in [0.3, 0.4) is 0 Å². The summed E-state index contributed by atoms with van der Waals surface area (Å²) in [7, 11) is 1.46. The zero-order chi connectivity index (χ0) is 12.8. The molecule has 1 atom stereocenters. The van der Waals surface area contributed by atoms with E-state index >= 15 is 0 Å². The molecule has 0 heterocycles. The van der Waals surface area contributed by atoms with Crippen molar-refractivity contribution in [3.05, 3.63) is 29.6 Å². The van der Waals surface area contributed by atoms with Crippen LogP contribution >= 0.6 is 0 Å². The lowest BCUT2D eigenvalue weighted by Gasteiger charge is -2.15. The van der Waals surface area contributed by atoms with E-state index in [1.54, 1.807) is 0 Å². The lowest BCUT2D eigenvalue weighted by Crippen LogP contribution is -2.40. The number of halogens is 1. The standard InChI is InChI=1S/C11H15FN2O3/c1-17-6-8(5-15)14-11(16)7-2-3-10(13)9(12)4-7/h2-4,8,15H,5-6,13H2,1H3,(H,14,16). The van der Waals surface area contributed by atoms with Gasteiger partial charge in [0.2, 0.25) is 0 Å². The molecular weight excluding hydrogens is 227 g/mol. The Balaban J connectivity index is 2.72. The lowest BCUT2D eigenvalue weighted by atomic mass is 10.1. The number of carbonyl (C=O) groups excluding carboxylic acids is 1. The minimum absolute atomic E-state index is 0.0165. The summed E-state index contributed by atoms with van der Waals surface area (Å²) in [5.74, 6) is -1.13. The van der Waals surface area contributed by atoms with Crippen LogP contribution in [0.1, 0.15) is 10.4 Å². The predicted molar refractivity (Wildman–Crippen MR) is 61.0 cm³/mol. The molecule has 0 saturated heterocycles. The van der Waals surface area contributed by atoms with Crippen molar-refractivity contribution in [1.29, 1.82) is 0 Å². The monoisotopic (exact) mass is 242 g/mol. The van der Waals surface area contributed by atoms with E-state index in [0.717, 1.165) is 6.07 Å². The van der Waals surface area contributed by atoms with Crippen LogP contribution in [0.5, 0.6) is 0 Å². The first-order valence-electron chi connectivity index (χ1n) is 5.04. The second-order valence-electron chi connectivity index (χ2n) is 3.54. The largest absolute Gasteiger partial charge is 0.396 e. The Hall–Kier alpha value is -1.66. The first-order chi connectivity index (χ1) is 8.08. The molecular formula is C11H15FN2O3. The number of rotatable bonds is 5. The van der Waals surface area contributed by atoms with Gasteiger partial charge in [0.15, 0.2) is 0 Å². The summed E-state index contributed by atoms with van der Waals surface area (Å²) in [6.07, 6.45) is 0. The molecule has 17 heavy (non-hydrogen) atoms. The zero-order valence-electron chi connectivity index (χ0n) is 9.44. The summed E-state index contributed by atoms with van der Waals surface area (Å²) in [5, 5.41) is 11.5. The van der Waals surface area contributed by atoms with Crippen molar-refractivity contribution in [3.63, 3.8) is 0 Å². The summed E-state index contributed by atoms with van der Waals surface area (Å²) in [6, 6.07) is 3.25. The maximum Gasteiger partial charge on any atom is 0.251 e. The highest BCUT2D eigenvalue weighted by molar-refractivity contribution is 5.94. The highest BCUT2D eigenvalue weighted by Crippen LogP contribution is 2.11. The van der Waals surface area contributed by atoms with Crippen molar-refractivity contribution >= 4 is 11.6 Å². The highest BCUT2D eigenvalue weighted by Gasteiger charge is 2.13. The summed E-state index contributed by atoms with van der Waals surface area (Å²) in [5.41, 5.74) is 5.43. The van der Waals surface area contributed by atoms with E-state index in [0.29, 0.717) is 0 Å². The molecule has 0 radical (unpaired) electrons. The molecule has 1 aromatic carbocycles. The number of benzene rings is 1. The Labute approximate surface area is 98.4 Å². The van der Waals surface area contributed by atoms with Crippen LogP contribution in [0.25, 0.3) is 0 Å². The Morgan fingerprint density at radius 1 is 1.65 bits per heavy atom. The van der Waals surface area contributed by atoms with Gasteiger partial charge in [-0.2, -0.15) is 0 Å². The number of anilines is 1. The Morgan fingerprint density at radius 3 is 2.88 bits per heavy atom. The summed E-state index contributed by atoms with van der Waals surface area (Å²) in [6.45, 7) is -0.0727. The molecule has 0 spiro atoms. The normalized spacial score (nSPS) is 12.2. The van der Waals surface area contributed by atoms with Gasteiger partial charge < -0.3 is 20.9 Å². The van der Waals surface area contributed by atoms with Gasteiger partial charge in [0, 0.05) is 12.7 Å². The molecule has 0 aliphatic rings. The predicted octanol–water partition coefficient (Wildman–Crippen LogP) is 0.145. The molecule has 5 nitrogen and oxygen atoms in total. The molecule has 0 fully saturated rings. The minimum atomic E-state index is -0.648. The van der Waals surface area contributed by atoms with Gasteiger partial charge in [0.05, 0.1) is 24.9 Å². The summed E-state index contributed by atoms with van der Waals surface area (Å²) < 4.78 is 17.9. The molecule has 1 amide bonds. The van der Waals surface area contributed by atoms with Crippen molar-refractivity contribution in [1.82, 2.24) is 5.32 Å². The molecule has 6 heteroatoms. The van der Waals surface area contributed by atoms with Crippen molar-refractivity contribution in [3.8, 4) is 0 Å².